The Bertz CT molecular complexity index is 4010. The lowest BCUT2D eigenvalue weighted by Crippen LogP contribution is -2.47. The average Bonchev–Trinajstić information content (AvgIpc) is 0.801. The van der Waals surface area contributed by atoms with Gasteiger partial charge in [0.25, 0.3) is 0 Å². The first kappa shape index (κ1) is 111. The molecule has 0 spiro atoms. The molecule has 0 saturated heterocycles. The molecular weight excluding hydrogens is 1650 g/mol. The fraction of sp³-hybridized carbons (Fsp3) is 0.625. The van der Waals surface area contributed by atoms with E-state index < -0.39 is 164 Å². The second-order valence-corrected chi connectivity index (χ2v) is 49.7. The summed E-state index contributed by atoms with van der Waals surface area (Å²) in [5, 5.41) is 70.5. The van der Waals surface area contributed by atoms with Crippen LogP contribution in [0.2, 0.25) is 0 Å². The minimum Gasteiger partial charge on any atom is -0.507 e. The predicted molar refractivity (Wildman–Crippen MR) is 524 cm³/mol. The number of ether oxygens (including phenoxy) is 7. The van der Waals surface area contributed by atoms with Gasteiger partial charge in [-0.1, -0.05) is 322 Å². The van der Waals surface area contributed by atoms with E-state index in [9.17, 15) is 59.4 Å². The molecule has 0 aliphatic heterocycles. The highest BCUT2D eigenvalue weighted by Crippen LogP contribution is 2.48. The number of hydrogen-bond donors (Lipinski definition) is 6. The van der Waals surface area contributed by atoms with Gasteiger partial charge in [-0.15, -0.1) is 0 Å². The van der Waals surface area contributed by atoms with Gasteiger partial charge in [0.2, 0.25) is 0 Å². The van der Waals surface area contributed by atoms with Crippen molar-refractivity contribution in [3.8, 4) is 34.5 Å². The Morgan fingerprint density at radius 2 is 0.282 bits per heavy atom. The van der Waals surface area contributed by atoms with Crippen LogP contribution in [-0.2, 0) is 165 Å². The summed E-state index contributed by atoms with van der Waals surface area (Å²) >= 11 is 0. The average molecular weight is 1820 g/mol. The number of rotatable bonds is 34. The minimum atomic E-state index is -1.80. The molecule has 0 fully saturated rings. The first-order chi connectivity index (χ1) is 59.4. The maximum absolute atomic E-state index is 14.9. The van der Waals surface area contributed by atoms with Gasteiger partial charge in [-0.2, -0.15) is 0 Å². The molecule has 0 atom stereocenters. The lowest BCUT2D eigenvalue weighted by Gasteiger charge is -2.35. The Hall–Kier alpha value is -9.10. The summed E-state index contributed by atoms with van der Waals surface area (Å²) in [6, 6.07) is 22.8. The number of aryl methyl sites for hydroxylation is 6. The van der Waals surface area contributed by atoms with Crippen molar-refractivity contribution in [1.29, 1.82) is 0 Å². The maximum Gasteiger partial charge on any atom is 0.306 e. The third-order valence-corrected chi connectivity index (χ3v) is 24.5. The van der Waals surface area contributed by atoms with E-state index in [2.05, 4.69) is 0 Å². The molecule has 0 saturated carbocycles. The zero-order chi connectivity index (χ0) is 99.9. The Morgan fingerprint density at radius 3 is 0.374 bits per heavy atom. The molecule has 6 rings (SSSR count). The quantitative estimate of drug-likeness (QED) is 0.0162. The zero-order valence-electron chi connectivity index (χ0n) is 87.1. The Labute approximate surface area is 786 Å². The van der Waals surface area contributed by atoms with Gasteiger partial charge >= 0.3 is 35.8 Å². The molecular formula is C112H166O19. The number of phenols is 6. The van der Waals surface area contributed by atoms with Crippen LogP contribution < -0.4 is 0 Å². The molecule has 131 heavy (non-hydrogen) atoms. The van der Waals surface area contributed by atoms with Gasteiger partial charge < -0.3 is 63.8 Å². The molecule has 728 valence electrons. The normalized spacial score (nSPS) is 13.3. The molecule has 0 amide bonds. The highest BCUT2D eigenvalue weighted by molar-refractivity contribution is 5.73. The van der Waals surface area contributed by atoms with Crippen molar-refractivity contribution in [3.05, 3.63) is 173 Å². The SMILES string of the molecule is CC(C)(C)c1cc(CCC(=O)OCC(COCC(COC(=O)CCc2cc(C(C)(C)C)c(O)c(C(C)(C)C)c2)(COC(=O)CCc2cc(C(C)(C)C)c(O)c(C(C)(C)C)c2)COC(=O)CCc2cc(C(C)(C)C)c(O)c(C(C)(C)C)c2)(COC(=O)CCc2cc(C(C)(C)C)c(O)c(C(C)(C)C)c2)COC(=O)CCc2cc(C(C)(C)C)c(O)c(C(C)(C)C)c2)cc(C(C)(C)C)c1O. The van der Waals surface area contributed by atoms with Crippen LogP contribution in [0.3, 0.4) is 0 Å². The van der Waals surface area contributed by atoms with Crippen LogP contribution in [0.1, 0.15) is 388 Å². The summed E-state index contributed by atoms with van der Waals surface area (Å²) in [6.45, 7) is 67.4. The van der Waals surface area contributed by atoms with Gasteiger partial charge in [-0.3, -0.25) is 28.8 Å². The zero-order valence-corrected chi connectivity index (χ0v) is 87.1. The number of esters is 6. The second-order valence-electron chi connectivity index (χ2n) is 49.7. The monoisotopic (exact) mass is 1820 g/mol. The van der Waals surface area contributed by atoms with E-state index in [0.717, 1.165) is 33.4 Å². The highest BCUT2D eigenvalue weighted by Gasteiger charge is 2.43. The number of hydrogen-bond acceptors (Lipinski definition) is 19. The fourth-order valence-electron chi connectivity index (χ4n) is 16.2. The number of carbonyl (C=O) groups is 6. The number of phenolic OH excluding ortho intramolecular Hbond substituents is 6. The summed E-state index contributed by atoms with van der Waals surface area (Å²) in [6.07, 6.45) is 0.000567. The first-order valence-electron chi connectivity index (χ1n) is 47.1. The number of benzene rings is 6. The van der Waals surface area contributed by atoms with Crippen LogP contribution in [0.25, 0.3) is 0 Å². The summed E-state index contributed by atoms with van der Waals surface area (Å²) < 4.78 is 45.5. The number of aromatic hydroxyl groups is 6. The Kier molecular flexibility index (Phi) is 35.3. The first-order valence-corrected chi connectivity index (χ1v) is 47.1. The molecule has 6 aromatic rings. The van der Waals surface area contributed by atoms with E-state index in [1.807, 2.05) is 322 Å². The van der Waals surface area contributed by atoms with Gasteiger partial charge in [0.1, 0.15) is 74.1 Å². The highest BCUT2D eigenvalue weighted by atomic mass is 16.6. The van der Waals surface area contributed by atoms with Crippen LogP contribution in [0.4, 0.5) is 0 Å². The van der Waals surface area contributed by atoms with Gasteiger partial charge in [-0.25, -0.2) is 0 Å². The number of carbonyl (C=O) groups excluding carboxylic acids is 6. The summed E-state index contributed by atoms with van der Waals surface area (Å²) in [5.74, 6) is -3.10. The van der Waals surface area contributed by atoms with E-state index in [-0.39, 0.29) is 112 Å². The lowest BCUT2D eigenvalue weighted by molar-refractivity contribution is -0.175. The van der Waals surface area contributed by atoms with Crippen LogP contribution in [-0.4, -0.2) is 119 Å². The Balaban J connectivity index is 1.58. The van der Waals surface area contributed by atoms with Crippen LogP contribution in [0, 0.1) is 10.8 Å². The second kappa shape index (κ2) is 41.8. The van der Waals surface area contributed by atoms with Crippen LogP contribution in [0.15, 0.2) is 72.8 Å². The van der Waals surface area contributed by atoms with Crippen molar-refractivity contribution in [2.45, 2.75) is 391 Å². The third-order valence-electron chi connectivity index (χ3n) is 24.5. The van der Waals surface area contributed by atoms with E-state index in [0.29, 0.717) is 66.8 Å². The van der Waals surface area contributed by atoms with Gasteiger partial charge in [0.15, 0.2) is 0 Å². The van der Waals surface area contributed by atoms with E-state index in [1.54, 1.807) is 0 Å². The van der Waals surface area contributed by atoms with Crippen LogP contribution in [0.5, 0.6) is 34.5 Å². The standard InChI is InChI=1S/C112H166O19/c1-99(2,3)75-49-69(50-76(93(75)119)100(4,5)6)37-43-87(113)126-63-111(64-127-88(114)44-38-70-51-77(101(7,8)9)94(120)78(52-70)102(10,11)12,65-128-89(115)45-39-71-53-79(103(13,14)15)95(121)80(54-71)104(16,17)18)61-125-62-112(66-129-90(116)46-40-72-55-81(105(19,20)21)96(122)82(56-72)106(22,23)24,67-130-91(117)47-41-73-57-83(107(25,26)27)97(123)84(58-73)108(28,29)30)68-131-92(118)48-42-74-59-85(109(31,32)33)98(124)86(60-74)110(34,35)36/h49-60,119-124H,37-48,61-68H2,1-36H3. The van der Waals surface area contributed by atoms with Crippen molar-refractivity contribution >= 4 is 35.8 Å². The molecule has 0 aliphatic carbocycles. The predicted octanol–water partition coefficient (Wildman–Crippen LogP) is 23.8. The van der Waals surface area contributed by atoms with Gasteiger partial charge in [0, 0.05) is 38.5 Å². The summed E-state index contributed by atoms with van der Waals surface area (Å²) in [7, 11) is 0. The minimum absolute atomic E-state index is 0.170. The molecule has 19 nitrogen and oxygen atoms in total. The van der Waals surface area contributed by atoms with E-state index >= 15 is 0 Å². The van der Waals surface area contributed by atoms with Crippen molar-refractivity contribution in [3.63, 3.8) is 0 Å². The molecule has 0 heterocycles. The van der Waals surface area contributed by atoms with Crippen molar-refractivity contribution in [2.75, 3.05) is 52.9 Å². The van der Waals surface area contributed by atoms with Gasteiger partial charge in [0.05, 0.1) is 24.0 Å². The lowest BCUT2D eigenvalue weighted by atomic mass is 9.78. The summed E-state index contributed by atoms with van der Waals surface area (Å²) in [4.78, 5) is 89.4. The van der Waals surface area contributed by atoms with Gasteiger partial charge in [-0.05, 0) is 204 Å². The third kappa shape index (κ3) is 31.5. The summed E-state index contributed by atoms with van der Waals surface area (Å²) in [5.41, 5.74) is 3.45. The largest absolute Gasteiger partial charge is 0.507 e. The fourth-order valence-corrected chi connectivity index (χ4v) is 16.2. The van der Waals surface area contributed by atoms with Crippen LogP contribution >= 0.6 is 0 Å². The maximum atomic E-state index is 14.9. The molecule has 0 aromatic heterocycles. The van der Waals surface area contributed by atoms with Crippen molar-refractivity contribution < 1.29 is 92.6 Å². The topological polar surface area (TPSA) is 288 Å². The molecule has 0 radical (unpaired) electrons. The molecule has 19 heteroatoms. The van der Waals surface area contributed by atoms with Crippen molar-refractivity contribution in [1.82, 2.24) is 0 Å². The smallest absolute Gasteiger partial charge is 0.306 e. The molecule has 0 unspecified atom stereocenters. The Morgan fingerprint density at radius 1 is 0.183 bits per heavy atom. The molecule has 6 N–H and O–H groups in total. The molecule has 0 aliphatic rings. The molecule has 0 bridgehead atoms. The van der Waals surface area contributed by atoms with Crippen molar-refractivity contribution in [2.24, 2.45) is 10.8 Å². The van der Waals surface area contributed by atoms with E-state index in [1.165, 1.54) is 0 Å². The van der Waals surface area contributed by atoms with E-state index in [4.69, 9.17) is 33.2 Å². The molecule has 6 aromatic carbocycles.